The molecule has 46 heavy (non-hydrogen) atoms. The Morgan fingerprint density at radius 2 is 1.85 bits per heavy atom. The first-order chi connectivity index (χ1) is 21.9. The Kier molecular flexibility index (Phi) is 8.37. The van der Waals surface area contributed by atoms with Crippen LogP contribution in [0.2, 0.25) is 0 Å². The fourth-order valence-electron chi connectivity index (χ4n) is 6.08. The Bertz CT molecular complexity index is 1900. The van der Waals surface area contributed by atoms with Gasteiger partial charge in [0.1, 0.15) is 22.4 Å². The van der Waals surface area contributed by atoms with Crippen molar-refractivity contribution in [3.8, 4) is 17.2 Å². The lowest BCUT2D eigenvalue weighted by molar-refractivity contribution is 0.0508. The summed E-state index contributed by atoms with van der Waals surface area (Å²) in [6, 6.07) is 12.9. The third-order valence-electron chi connectivity index (χ3n) is 8.13. The smallest absolute Gasteiger partial charge is 0.407 e. The largest absolute Gasteiger partial charge is 0.451 e. The van der Waals surface area contributed by atoms with Gasteiger partial charge >= 0.3 is 6.09 Å². The zero-order chi connectivity index (χ0) is 32.7. The average molecular weight is 630 g/mol. The molecule has 0 bridgehead atoms. The number of pyridine rings is 1. The monoisotopic (exact) mass is 629 g/mol. The van der Waals surface area contributed by atoms with E-state index in [1.807, 2.05) is 55.1 Å². The number of nitrogens with one attached hydrogen (secondary N) is 3. The molecule has 6 rings (SSSR count). The molecular formula is C35H40FN5O5. The van der Waals surface area contributed by atoms with Gasteiger partial charge in [0, 0.05) is 31.9 Å². The molecule has 2 aliphatic rings. The molecule has 3 heterocycles. The summed E-state index contributed by atoms with van der Waals surface area (Å²) < 4.78 is 29.8. The molecule has 0 radical (unpaired) electrons. The van der Waals surface area contributed by atoms with Crippen molar-refractivity contribution in [2.45, 2.75) is 65.1 Å². The number of rotatable bonds is 8. The van der Waals surface area contributed by atoms with E-state index in [4.69, 9.17) is 9.47 Å². The molecule has 1 saturated heterocycles. The number of halogens is 1. The van der Waals surface area contributed by atoms with Crippen molar-refractivity contribution >= 4 is 39.4 Å². The van der Waals surface area contributed by atoms with Gasteiger partial charge in [-0.2, -0.15) is 0 Å². The molecule has 0 saturated carbocycles. The molecule has 11 heteroatoms. The van der Waals surface area contributed by atoms with E-state index in [-0.39, 0.29) is 28.4 Å². The molecule has 1 fully saturated rings. The summed E-state index contributed by atoms with van der Waals surface area (Å²) >= 11 is 0. The quantitative estimate of drug-likeness (QED) is 0.191. The highest BCUT2D eigenvalue weighted by Gasteiger charge is 2.34. The normalized spacial score (nSPS) is 15.6. The van der Waals surface area contributed by atoms with Crippen LogP contribution in [0.5, 0.6) is 11.5 Å². The van der Waals surface area contributed by atoms with Crippen LogP contribution < -0.4 is 31.0 Å². The molecule has 1 unspecified atom stereocenters. The molecular weight excluding hydrogens is 589 g/mol. The number of aromatic nitrogens is 1. The van der Waals surface area contributed by atoms with E-state index in [1.54, 1.807) is 25.3 Å². The van der Waals surface area contributed by atoms with Gasteiger partial charge in [0.25, 0.3) is 5.91 Å². The van der Waals surface area contributed by atoms with Crippen molar-refractivity contribution in [3.05, 3.63) is 70.3 Å². The van der Waals surface area contributed by atoms with E-state index in [0.717, 1.165) is 17.3 Å². The Balaban J connectivity index is 1.41. The van der Waals surface area contributed by atoms with Crippen LogP contribution in [-0.2, 0) is 4.74 Å². The van der Waals surface area contributed by atoms with Gasteiger partial charge in [0.2, 0.25) is 5.43 Å². The van der Waals surface area contributed by atoms with Crippen LogP contribution in [0.15, 0.2) is 53.5 Å². The third kappa shape index (κ3) is 6.24. The summed E-state index contributed by atoms with van der Waals surface area (Å²) in [5, 5.41) is 11.0. The number of ether oxygens (including phenoxy) is 2. The number of carbonyl (C=O) groups is 2. The molecule has 1 atom stereocenters. The Morgan fingerprint density at radius 1 is 1.11 bits per heavy atom. The molecule has 0 spiro atoms. The van der Waals surface area contributed by atoms with E-state index in [9.17, 15) is 14.4 Å². The first-order valence-corrected chi connectivity index (χ1v) is 15.8. The summed E-state index contributed by atoms with van der Waals surface area (Å²) in [5.74, 6) is -0.502. The van der Waals surface area contributed by atoms with E-state index in [1.165, 1.54) is 12.3 Å². The Hall–Kier alpha value is -4.64. The fourth-order valence-corrected chi connectivity index (χ4v) is 6.08. The van der Waals surface area contributed by atoms with Crippen LogP contribution in [0.1, 0.15) is 57.8 Å². The van der Waals surface area contributed by atoms with E-state index < -0.39 is 28.8 Å². The van der Waals surface area contributed by atoms with Gasteiger partial charge in [-0.25, -0.2) is 9.18 Å². The lowest BCUT2D eigenvalue weighted by atomic mass is 10.0. The van der Waals surface area contributed by atoms with E-state index in [0.29, 0.717) is 55.5 Å². The number of carbonyl (C=O) groups excluding carboxylic acids is 2. The van der Waals surface area contributed by atoms with Crippen molar-refractivity contribution in [2.75, 3.05) is 31.1 Å². The summed E-state index contributed by atoms with van der Waals surface area (Å²) in [7, 11) is 0. The number of hydrogen-bond acceptors (Lipinski definition) is 7. The highest BCUT2D eigenvalue weighted by atomic mass is 19.1. The average Bonchev–Trinajstić information content (AvgIpc) is 3.43. The van der Waals surface area contributed by atoms with Gasteiger partial charge in [-0.05, 0) is 69.1 Å². The minimum atomic E-state index is -0.648. The number of hydrogen-bond donors (Lipinski definition) is 3. The number of nitrogens with zero attached hydrogens (tertiary/aromatic N) is 2. The Labute approximate surface area is 266 Å². The number of anilines is 1. The number of fused-ring (bicyclic) bond motifs is 3. The topological polar surface area (TPSA) is 114 Å². The predicted molar refractivity (Wildman–Crippen MR) is 177 cm³/mol. The maximum Gasteiger partial charge on any atom is 0.407 e. The van der Waals surface area contributed by atoms with E-state index in [2.05, 4.69) is 16.0 Å². The fraction of sp³-hybridized carbons (Fsp3) is 0.400. The molecule has 2 aliphatic heterocycles. The molecule has 0 aliphatic carbocycles. The molecule has 3 N–H and O–H groups in total. The zero-order valence-corrected chi connectivity index (χ0v) is 26.8. The molecule has 242 valence electrons. The number of alkyl carbamates (subject to hydrolysis) is 1. The first-order valence-electron chi connectivity index (χ1n) is 15.8. The van der Waals surface area contributed by atoms with Crippen molar-refractivity contribution in [2.24, 2.45) is 0 Å². The van der Waals surface area contributed by atoms with Gasteiger partial charge in [0.05, 0.1) is 17.1 Å². The summed E-state index contributed by atoms with van der Waals surface area (Å²) in [6.07, 6.45) is 2.25. The summed E-state index contributed by atoms with van der Waals surface area (Å²) in [5.41, 5.74) is -0.0870. The van der Waals surface area contributed by atoms with E-state index >= 15 is 4.39 Å². The second kappa shape index (κ2) is 12.3. The Morgan fingerprint density at radius 3 is 2.57 bits per heavy atom. The predicted octanol–water partition coefficient (Wildman–Crippen LogP) is 5.61. The first kappa shape index (κ1) is 31.3. The van der Waals surface area contributed by atoms with Crippen LogP contribution >= 0.6 is 0 Å². The molecule has 4 aromatic rings. The highest BCUT2D eigenvalue weighted by molar-refractivity contribution is 6.02. The van der Waals surface area contributed by atoms with Gasteiger partial charge in [-0.1, -0.05) is 38.1 Å². The van der Waals surface area contributed by atoms with Gasteiger partial charge in [-0.15, -0.1) is 0 Å². The molecule has 3 aromatic carbocycles. The third-order valence-corrected chi connectivity index (χ3v) is 8.13. The number of benzene rings is 3. The maximum absolute atomic E-state index is 16.2. The van der Waals surface area contributed by atoms with Crippen LogP contribution in [0, 0.1) is 5.82 Å². The lowest BCUT2D eigenvalue weighted by Gasteiger charge is -2.29. The van der Waals surface area contributed by atoms with Crippen LogP contribution in [-0.4, -0.2) is 60.4 Å². The highest BCUT2D eigenvalue weighted by Crippen LogP contribution is 2.48. The maximum atomic E-state index is 16.2. The second-order valence-electron chi connectivity index (χ2n) is 13.2. The molecule has 1 aromatic heterocycles. The SMILES string of the molecule is CC(C)NCCCNC(=O)c1cn2c3c(c(N4CCC(NC(=O)OC(C)(C)C)C4)c(F)cc3c1=O)Oc1cc3ccccc3cc1-2. The van der Waals surface area contributed by atoms with Gasteiger partial charge < -0.3 is 34.9 Å². The van der Waals surface area contributed by atoms with Gasteiger partial charge in [-0.3, -0.25) is 9.59 Å². The molecule has 2 amide bonds. The van der Waals surface area contributed by atoms with Crippen LogP contribution in [0.25, 0.3) is 27.4 Å². The van der Waals surface area contributed by atoms with Crippen LogP contribution in [0.4, 0.5) is 14.9 Å². The standard InChI is InChI=1S/C35H40FN5O5/c1-20(2)37-12-8-13-38-33(43)25-19-41-27-15-21-9-6-7-10-22(21)16-28(27)45-32-29(41)24(31(25)42)17-26(36)30(32)40-14-11-23(18-40)39-34(44)46-35(3,4)5/h6-7,9-10,15-17,19-20,23,37H,8,11-14,18H2,1-5H3,(H,38,43)(H,39,44). The lowest BCUT2D eigenvalue weighted by Crippen LogP contribution is -2.40. The zero-order valence-electron chi connectivity index (χ0n) is 26.8. The summed E-state index contributed by atoms with van der Waals surface area (Å²) in [6.45, 7) is 11.3. The van der Waals surface area contributed by atoms with Crippen LogP contribution in [0.3, 0.4) is 0 Å². The van der Waals surface area contributed by atoms with Crippen molar-refractivity contribution in [1.82, 2.24) is 20.5 Å². The summed E-state index contributed by atoms with van der Waals surface area (Å²) in [4.78, 5) is 41.4. The van der Waals surface area contributed by atoms with Gasteiger partial charge in [0.15, 0.2) is 17.3 Å². The molecule has 10 nitrogen and oxygen atoms in total. The minimum Gasteiger partial charge on any atom is -0.451 e. The minimum absolute atomic E-state index is 0.0480. The second-order valence-corrected chi connectivity index (χ2v) is 13.2. The van der Waals surface area contributed by atoms with Crippen molar-refractivity contribution in [1.29, 1.82) is 0 Å². The van der Waals surface area contributed by atoms with Crippen molar-refractivity contribution in [3.63, 3.8) is 0 Å². The van der Waals surface area contributed by atoms with Crippen molar-refractivity contribution < 1.29 is 23.5 Å². The number of amides is 2.